The van der Waals surface area contributed by atoms with Gasteiger partial charge in [0.05, 0.1) is 5.56 Å². The smallest absolute Gasteiger partial charge is 0.239 e. The molecule has 0 spiro atoms. The molecule has 0 unspecified atom stereocenters. The van der Waals surface area contributed by atoms with Gasteiger partial charge in [-0.15, -0.1) is 5.54 Å². The van der Waals surface area contributed by atoms with E-state index in [2.05, 4.69) is 31.1 Å². The first-order chi connectivity index (χ1) is 10.5. The lowest BCUT2D eigenvalue weighted by atomic mass is 10.1. The summed E-state index contributed by atoms with van der Waals surface area (Å²) in [7, 11) is -1.56. The van der Waals surface area contributed by atoms with E-state index in [1.807, 2.05) is 48.5 Å². The van der Waals surface area contributed by atoms with Gasteiger partial charge in [0.25, 0.3) is 0 Å². The molecule has 2 aromatic rings. The number of carbonyl (C=O) groups is 1. The number of carbonyl (C=O) groups excluding carboxylic acids is 1. The lowest BCUT2D eigenvalue weighted by Crippen LogP contribution is -2.17. The predicted octanol–water partition coefficient (Wildman–Crippen LogP) is 4.33. The lowest BCUT2D eigenvalue weighted by Gasteiger charge is -2.09. The summed E-state index contributed by atoms with van der Waals surface area (Å²) in [6, 6.07) is 17.2. The van der Waals surface area contributed by atoms with Crippen molar-refractivity contribution < 1.29 is 9.53 Å². The molecule has 0 aliphatic heterocycles. The molecule has 2 aromatic carbocycles. The van der Waals surface area contributed by atoms with Crippen LogP contribution in [0.25, 0.3) is 0 Å². The monoisotopic (exact) mass is 308 g/mol. The first-order valence-corrected chi connectivity index (χ1v) is 10.8. The second-order valence-electron chi connectivity index (χ2n) is 6.10. The molecule has 3 heteroatoms. The number of benzene rings is 2. The zero-order chi connectivity index (χ0) is 16.0. The summed E-state index contributed by atoms with van der Waals surface area (Å²) in [4.78, 5) is 12.3. The molecule has 0 fully saturated rings. The topological polar surface area (TPSA) is 26.3 Å². The van der Waals surface area contributed by atoms with Crippen molar-refractivity contribution in [2.75, 3.05) is 0 Å². The van der Waals surface area contributed by atoms with Crippen molar-refractivity contribution in [3.63, 3.8) is 0 Å². The Bertz CT molecular complexity index is 703. The number of ketones is 1. The molecule has 2 rings (SSSR count). The molecule has 0 heterocycles. The fraction of sp³-hybridized carbons (Fsp3) is 0.211. The van der Waals surface area contributed by atoms with Crippen molar-refractivity contribution in [3.05, 3.63) is 65.7 Å². The number of para-hydroxylation sites is 1. The second kappa shape index (κ2) is 7.10. The minimum Gasteiger partial charge on any atom is -0.488 e. The van der Waals surface area contributed by atoms with Crippen molar-refractivity contribution in [1.82, 2.24) is 0 Å². The SMILES string of the molecule is C[Si](C)(C)C#CC(=O)c1ccccc1OCc1ccccc1. The highest BCUT2D eigenvalue weighted by atomic mass is 28.3. The molecule has 0 atom stereocenters. The number of hydrogen-bond acceptors (Lipinski definition) is 2. The minimum absolute atomic E-state index is 0.175. The van der Waals surface area contributed by atoms with Crippen LogP contribution >= 0.6 is 0 Å². The van der Waals surface area contributed by atoms with Gasteiger partial charge in [-0.05, 0) is 23.6 Å². The fourth-order valence-corrected chi connectivity index (χ4v) is 2.32. The Morgan fingerprint density at radius 3 is 2.32 bits per heavy atom. The number of rotatable bonds is 4. The Morgan fingerprint density at radius 2 is 1.64 bits per heavy atom. The average Bonchev–Trinajstić information content (AvgIpc) is 2.51. The van der Waals surface area contributed by atoms with Gasteiger partial charge >= 0.3 is 0 Å². The Morgan fingerprint density at radius 1 is 1.00 bits per heavy atom. The summed E-state index contributed by atoms with van der Waals surface area (Å²) in [6.45, 7) is 6.79. The molecule has 0 aliphatic carbocycles. The van der Waals surface area contributed by atoms with Crippen molar-refractivity contribution >= 4 is 13.9 Å². The summed E-state index contributed by atoms with van der Waals surface area (Å²) in [6.07, 6.45) is 0. The largest absolute Gasteiger partial charge is 0.488 e. The van der Waals surface area contributed by atoms with Gasteiger partial charge in [0.1, 0.15) is 20.4 Å². The Labute approximate surface area is 133 Å². The quantitative estimate of drug-likeness (QED) is 0.477. The minimum atomic E-state index is -1.56. The zero-order valence-corrected chi connectivity index (χ0v) is 14.2. The van der Waals surface area contributed by atoms with Crippen molar-refractivity contribution in [3.8, 4) is 17.2 Å². The van der Waals surface area contributed by atoms with E-state index in [-0.39, 0.29) is 5.78 Å². The van der Waals surface area contributed by atoms with Gasteiger partial charge < -0.3 is 4.74 Å². The normalized spacial score (nSPS) is 10.5. The summed E-state index contributed by atoms with van der Waals surface area (Å²) >= 11 is 0. The Balaban J connectivity index is 2.16. The standard InChI is InChI=1S/C19H20O2Si/c1-22(2,3)14-13-18(20)17-11-7-8-12-19(17)21-15-16-9-5-4-6-10-16/h4-12H,15H2,1-3H3. The van der Waals surface area contributed by atoms with E-state index in [0.29, 0.717) is 17.9 Å². The van der Waals surface area contributed by atoms with Gasteiger partial charge in [-0.3, -0.25) is 4.79 Å². The maximum atomic E-state index is 12.3. The maximum absolute atomic E-state index is 12.3. The number of Topliss-reactive ketones (excluding diaryl/α,β-unsaturated/α-hetero) is 1. The van der Waals surface area contributed by atoms with Crippen LogP contribution in [-0.4, -0.2) is 13.9 Å². The molecule has 22 heavy (non-hydrogen) atoms. The molecule has 0 saturated carbocycles. The maximum Gasteiger partial charge on any atom is 0.239 e. The molecule has 0 aromatic heterocycles. The van der Waals surface area contributed by atoms with Gasteiger partial charge in [0.2, 0.25) is 5.78 Å². The van der Waals surface area contributed by atoms with Gasteiger partial charge in [0.15, 0.2) is 0 Å². The van der Waals surface area contributed by atoms with Gasteiger partial charge in [-0.2, -0.15) is 0 Å². The molecule has 0 radical (unpaired) electrons. The van der Waals surface area contributed by atoms with E-state index in [9.17, 15) is 4.79 Å². The van der Waals surface area contributed by atoms with Crippen LogP contribution < -0.4 is 4.74 Å². The number of ether oxygens (including phenoxy) is 1. The highest BCUT2D eigenvalue weighted by Crippen LogP contribution is 2.20. The predicted molar refractivity (Wildman–Crippen MR) is 92.7 cm³/mol. The molecule has 0 amide bonds. The summed E-state index contributed by atoms with van der Waals surface area (Å²) in [5.74, 6) is 3.18. The molecule has 0 bridgehead atoms. The lowest BCUT2D eigenvalue weighted by molar-refractivity contribution is 0.105. The van der Waals surface area contributed by atoms with Crippen LogP contribution in [0.3, 0.4) is 0 Å². The van der Waals surface area contributed by atoms with Crippen LogP contribution in [0.5, 0.6) is 5.75 Å². The van der Waals surface area contributed by atoms with Gasteiger partial charge in [-0.1, -0.05) is 62.1 Å². The zero-order valence-electron chi connectivity index (χ0n) is 13.2. The Kier molecular flexibility index (Phi) is 5.19. The molecule has 112 valence electrons. The van der Waals surface area contributed by atoms with Crippen LogP contribution in [0.1, 0.15) is 15.9 Å². The Hall–Kier alpha value is -2.31. The first kappa shape index (κ1) is 16.1. The van der Waals surface area contributed by atoms with Crippen molar-refractivity contribution in [2.45, 2.75) is 26.2 Å². The highest BCUT2D eigenvalue weighted by Gasteiger charge is 2.12. The average molecular weight is 308 g/mol. The second-order valence-corrected chi connectivity index (χ2v) is 10.8. The summed E-state index contributed by atoms with van der Waals surface area (Å²) in [5.41, 5.74) is 4.70. The van der Waals surface area contributed by atoms with E-state index in [4.69, 9.17) is 4.74 Å². The van der Waals surface area contributed by atoms with Gasteiger partial charge in [-0.25, -0.2) is 0 Å². The van der Waals surface area contributed by atoms with Crippen molar-refractivity contribution in [2.24, 2.45) is 0 Å². The molecule has 2 nitrogen and oxygen atoms in total. The first-order valence-electron chi connectivity index (χ1n) is 7.29. The van der Waals surface area contributed by atoms with E-state index in [1.165, 1.54) is 0 Å². The molecule has 0 saturated heterocycles. The van der Waals surface area contributed by atoms with Crippen LogP contribution in [0, 0.1) is 11.5 Å². The van der Waals surface area contributed by atoms with Crippen LogP contribution in [0.4, 0.5) is 0 Å². The molecule has 0 N–H and O–H groups in total. The van der Waals surface area contributed by atoms with Crippen LogP contribution in [0.2, 0.25) is 19.6 Å². The third kappa shape index (κ3) is 4.91. The highest BCUT2D eigenvalue weighted by molar-refractivity contribution is 6.84. The fourth-order valence-electron chi connectivity index (χ4n) is 1.83. The molecular formula is C19H20O2Si. The molecule has 0 aliphatic rings. The van der Waals surface area contributed by atoms with Crippen LogP contribution in [0.15, 0.2) is 54.6 Å². The van der Waals surface area contributed by atoms with E-state index >= 15 is 0 Å². The van der Waals surface area contributed by atoms with E-state index in [0.717, 1.165) is 5.56 Å². The summed E-state index contributed by atoms with van der Waals surface area (Å²) in [5, 5.41) is 0. The third-order valence-corrected chi connectivity index (χ3v) is 3.79. The van der Waals surface area contributed by atoms with Crippen molar-refractivity contribution in [1.29, 1.82) is 0 Å². The molecular weight excluding hydrogens is 288 g/mol. The number of hydrogen-bond donors (Lipinski definition) is 0. The summed E-state index contributed by atoms with van der Waals surface area (Å²) < 4.78 is 5.80. The van der Waals surface area contributed by atoms with E-state index in [1.54, 1.807) is 6.07 Å². The van der Waals surface area contributed by atoms with Gasteiger partial charge in [0, 0.05) is 0 Å². The van der Waals surface area contributed by atoms with Crippen LogP contribution in [-0.2, 0) is 6.61 Å². The van der Waals surface area contributed by atoms with E-state index < -0.39 is 8.07 Å². The third-order valence-electron chi connectivity index (χ3n) is 2.92.